The quantitative estimate of drug-likeness (QED) is 0.500. The molecule has 3 atom stereocenters. The summed E-state index contributed by atoms with van der Waals surface area (Å²) in [4.78, 5) is 10.8. The molecule has 0 spiro atoms. The number of hydrogen-bond acceptors (Lipinski definition) is 2. The van der Waals surface area contributed by atoms with Gasteiger partial charge < -0.3 is 5.11 Å². The highest BCUT2D eigenvalue weighted by Crippen LogP contribution is 2.31. The van der Waals surface area contributed by atoms with Crippen molar-refractivity contribution in [2.45, 2.75) is 45.5 Å². The molecular weight excluding hydrogens is 168 g/mol. The summed E-state index contributed by atoms with van der Waals surface area (Å²) >= 11 is 0. The average Bonchev–Trinajstić information content (AvgIpc) is 2.24. The van der Waals surface area contributed by atoms with Crippen LogP contribution in [0.3, 0.4) is 0 Å². The Labute approximate surface area is 79.3 Å². The number of hydrogen-bond donors (Lipinski definition) is 1. The van der Waals surface area contributed by atoms with Gasteiger partial charge in [-0.3, -0.25) is 4.79 Å². The van der Waals surface area contributed by atoms with Crippen LogP contribution in [0.1, 0.15) is 27.2 Å². The largest absolute Gasteiger partial charge is 0.369 e. The van der Waals surface area contributed by atoms with Crippen LogP contribution >= 0.6 is 0 Å². The maximum Gasteiger partial charge on any atom is 0.258 e. The minimum atomic E-state index is -0.625. The van der Waals surface area contributed by atoms with Gasteiger partial charge in [0.05, 0.1) is 13.5 Å². The van der Waals surface area contributed by atoms with Gasteiger partial charge in [-0.15, -0.1) is 0 Å². The molecule has 0 aromatic heterocycles. The third kappa shape index (κ3) is 1.34. The van der Waals surface area contributed by atoms with Crippen LogP contribution in [0.2, 0.25) is 0 Å². The molecule has 1 N–H and O–H groups in total. The first-order valence-electron chi connectivity index (χ1n) is 4.72. The molecule has 0 unspecified atom stereocenters. The van der Waals surface area contributed by atoms with E-state index >= 15 is 0 Å². The van der Waals surface area contributed by atoms with Crippen LogP contribution in [-0.2, 0) is 4.79 Å². The van der Waals surface area contributed by atoms with Crippen molar-refractivity contribution >= 4 is 6.41 Å². The van der Waals surface area contributed by atoms with Crippen LogP contribution in [0.4, 0.5) is 0 Å². The first-order chi connectivity index (χ1) is 5.94. The Kier molecular flexibility index (Phi) is 2.63. The van der Waals surface area contributed by atoms with E-state index in [-0.39, 0.29) is 0 Å². The molecule has 1 amide bonds. The van der Waals surface area contributed by atoms with Gasteiger partial charge in [-0.05, 0) is 20.8 Å². The van der Waals surface area contributed by atoms with Gasteiger partial charge in [-0.25, -0.2) is 4.59 Å². The van der Waals surface area contributed by atoms with Gasteiger partial charge >= 0.3 is 0 Å². The molecule has 0 aromatic rings. The Balaban J connectivity index is 2.98. The van der Waals surface area contributed by atoms with Crippen molar-refractivity contribution in [3.63, 3.8) is 0 Å². The fourth-order valence-corrected chi connectivity index (χ4v) is 2.09. The number of quaternary nitrogens is 1. The highest BCUT2D eigenvalue weighted by Gasteiger charge is 2.49. The van der Waals surface area contributed by atoms with Crippen LogP contribution < -0.4 is 0 Å². The van der Waals surface area contributed by atoms with Gasteiger partial charge in [0.25, 0.3) is 6.41 Å². The van der Waals surface area contributed by atoms with E-state index in [0.29, 0.717) is 23.1 Å². The highest BCUT2D eigenvalue weighted by molar-refractivity contribution is 5.45. The molecule has 1 heterocycles. The number of rotatable bonds is 2. The Hall–Kier alpha value is -0.610. The van der Waals surface area contributed by atoms with E-state index in [9.17, 15) is 9.90 Å². The van der Waals surface area contributed by atoms with Crippen molar-refractivity contribution < 1.29 is 14.5 Å². The second kappa shape index (κ2) is 3.27. The van der Waals surface area contributed by atoms with Crippen molar-refractivity contribution in [3.05, 3.63) is 0 Å². The van der Waals surface area contributed by atoms with Crippen molar-refractivity contribution in [2.24, 2.45) is 0 Å². The molecule has 0 saturated carbocycles. The molecule has 1 saturated heterocycles. The van der Waals surface area contributed by atoms with Crippen molar-refractivity contribution in [2.75, 3.05) is 7.05 Å². The van der Waals surface area contributed by atoms with Gasteiger partial charge in [0, 0.05) is 0 Å². The van der Waals surface area contributed by atoms with Gasteiger partial charge in [0.2, 0.25) is 0 Å². The summed E-state index contributed by atoms with van der Waals surface area (Å²) in [5, 5.41) is 11.1. The van der Waals surface area contributed by atoms with Crippen LogP contribution in [0, 0.1) is 0 Å². The zero-order valence-electron chi connectivity index (χ0n) is 8.77. The molecule has 0 aliphatic carbocycles. The predicted molar refractivity (Wildman–Crippen MR) is 49.3 cm³/mol. The summed E-state index contributed by atoms with van der Waals surface area (Å²) in [5.74, 6) is 0. The normalized spacial score (nSPS) is 40.0. The van der Waals surface area contributed by atoms with Gasteiger partial charge in [-0.1, -0.05) is 0 Å². The summed E-state index contributed by atoms with van der Waals surface area (Å²) in [5.41, 5.74) is 0. The number of carbonyl (C=O) groups excluding carboxylic acids is 1. The number of aliphatic hydroxyl groups is 1. The Morgan fingerprint density at radius 3 is 2.46 bits per heavy atom. The Morgan fingerprint density at radius 1 is 1.62 bits per heavy atom. The molecule has 0 radical (unpaired) electrons. The fraction of sp³-hybridized carbons (Fsp3) is 0.889. The summed E-state index contributed by atoms with van der Waals surface area (Å²) in [7, 11) is 1.99. The average molecular weight is 187 g/mol. The molecule has 1 aliphatic rings. The standard InChI is InChI=1S/C9H19N2O2/c1-7(2)11(4)8(3)5-9(13)10(11)6-12/h6-9,13H,5H2,1-4H3/q+1/t8-,9-,11-/m1/s1. The lowest BCUT2D eigenvalue weighted by Crippen LogP contribution is -2.61. The van der Waals surface area contributed by atoms with Crippen molar-refractivity contribution in [1.82, 2.24) is 5.01 Å². The number of carbonyl (C=O) groups is 1. The maximum absolute atomic E-state index is 10.8. The molecule has 0 bridgehead atoms. The van der Waals surface area contributed by atoms with Crippen LogP contribution in [-0.4, -0.2) is 46.5 Å². The van der Waals surface area contributed by atoms with Crippen molar-refractivity contribution in [1.29, 1.82) is 0 Å². The minimum Gasteiger partial charge on any atom is -0.369 e. The summed E-state index contributed by atoms with van der Waals surface area (Å²) in [6, 6.07) is 0.595. The molecule has 1 fully saturated rings. The lowest BCUT2D eigenvalue weighted by atomic mass is 10.2. The van der Waals surface area contributed by atoms with Gasteiger partial charge in [0.15, 0.2) is 6.23 Å². The topological polar surface area (TPSA) is 40.5 Å². The van der Waals surface area contributed by atoms with E-state index < -0.39 is 6.23 Å². The van der Waals surface area contributed by atoms with E-state index in [1.54, 1.807) is 0 Å². The SMILES string of the molecule is CC(C)[N@+]1(C)[C@H](C)C[C@@H](O)N1C=O. The second-order valence-electron chi connectivity index (χ2n) is 4.24. The second-order valence-corrected chi connectivity index (χ2v) is 4.24. The monoisotopic (exact) mass is 187 g/mol. The van der Waals surface area contributed by atoms with E-state index in [1.165, 1.54) is 5.01 Å². The number of nitrogens with zero attached hydrogens (tertiary/aromatic N) is 2. The van der Waals surface area contributed by atoms with Gasteiger partial charge in [0.1, 0.15) is 12.1 Å². The molecule has 1 aliphatic heterocycles. The lowest BCUT2D eigenvalue weighted by Gasteiger charge is -2.42. The third-order valence-electron chi connectivity index (χ3n) is 3.40. The molecule has 4 nitrogen and oxygen atoms in total. The summed E-state index contributed by atoms with van der Waals surface area (Å²) in [6.45, 7) is 6.18. The lowest BCUT2D eigenvalue weighted by molar-refractivity contribution is -1.03. The third-order valence-corrected chi connectivity index (χ3v) is 3.40. The molecular formula is C9H19N2O2+. The molecule has 0 aromatic carbocycles. The van der Waals surface area contributed by atoms with Crippen LogP contribution in [0.15, 0.2) is 0 Å². The van der Waals surface area contributed by atoms with Gasteiger partial charge in [-0.2, -0.15) is 5.01 Å². The van der Waals surface area contributed by atoms with E-state index in [0.717, 1.165) is 6.41 Å². The molecule has 1 rings (SSSR count). The highest BCUT2D eigenvalue weighted by atomic mass is 16.3. The van der Waals surface area contributed by atoms with E-state index in [4.69, 9.17) is 0 Å². The van der Waals surface area contributed by atoms with Crippen LogP contribution in [0.5, 0.6) is 0 Å². The summed E-state index contributed by atoms with van der Waals surface area (Å²) in [6.07, 6.45) is 0.779. The van der Waals surface area contributed by atoms with Crippen molar-refractivity contribution in [3.8, 4) is 0 Å². The Bertz CT molecular complexity index is 208. The van der Waals surface area contributed by atoms with E-state index in [2.05, 4.69) is 20.8 Å². The Morgan fingerprint density at radius 2 is 2.15 bits per heavy atom. The molecule has 4 heteroatoms. The molecule has 13 heavy (non-hydrogen) atoms. The van der Waals surface area contributed by atoms with E-state index in [1.807, 2.05) is 7.05 Å². The predicted octanol–water partition coefficient (Wildman–Crippen LogP) is 0.325. The summed E-state index contributed by atoms with van der Waals surface area (Å²) < 4.78 is 0.505. The first-order valence-corrected chi connectivity index (χ1v) is 4.72. The number of amides is 1. The first kappa shape index (κ1) is 10.5. The smallest absolute Gasteiger partial charge is 0.258 e. The minimum absolute atomic E-state index is 0.292. The zero-order valence-corrected chi connectivity index (χ0v) is 8.77. The fourth-order valence-electron chi connectivity index (χ4n) is 2.09. The maximum atomic E-state index is 10.8. The molecule has 76 valence electrons. The zero-order chi connectivity index (χ0) is 10.2. The van der Waals surface area contributed by atoms with Crippen LogP contribution in [0.25, 0.3) is 0 Å². The number of aliphatic hydroxyl groups excluding tert-OH is 1.